The molecule has 1 aromatic carbocycles. The summed E-state index contributed by atoms with van der Waals surface area (Å²) in [5.41, 5.74) is 6.25. The van der Waals surface area contributed by atoms with Gasteiger partial charge in [0.1, 0.15) is 0 Å². The first-order valence-corrected chi connectivity index (χ1v) is 5.28. The average molecular weight is 257 g/mol. The predicted molar refractivity (Wildman–Crippen MR) is 63.7 cm³/mol. The number of hydrogen-bond donors (Lipinski definition) is 2. The normalized spacial score (nSPS) is 10.0. The average Bonchev–Trinajstić information content (AvgIpc) is 2.30. The molecule has 0 radical (unpaired) electrons. The molecule has 1 rings (SSSR count). The van der Waals surface area contributed by atoms with Crippen molar-refractivity contribution in [1.29, 1.82) is 0 Å². The molecule has 0 bridgehead atoms. The van der Waals surface area contributed by atoms with Crippen LogP contribution in [0.5, 0.6) is 0 Å². The second-order valence-corrected chi connectivity index (χ2v) is 3.76. The summed E-state index contributed by atoms with van der Waals surface area (Å²) in [6, 6.07) is 4.77. The Balaban J connectivity index is 2.60. The van der Waals surface area contributed by atoms with Gasteiger partial charge in [-0.05, 0) is 17.7 Å². The Labute approximate surface area is 104 Å². The van der Waals surface area contributed by atoms with Crippen molar-refractivity contribution in [3.05, 3.63) is 34.3 Å². The molecule has 0 aliphatic carbocycles. The number of nitrogens with one attached hydrogen (secondary N) is 1. The monoisotopic (exact) mass is 256 g/mol. The number of ether oxygens (including phenoxy) is 1. The number of hydrogen-bond acceptors (Lipinski definition) is 4. The smallest absolute Gasteiger partial charge is 0.319 e. The van der Waals surface area contributed by atoms with Crippen LogP contribution in [0.25, 0.3) is 0 Å². The van der Waals surface area contributed by atoms with Crippen molar-refractivity contribution in [2.24, 2.45) is 5.73 Å². The Morgan fingerprint density at radius 2 is 2.18 bits per heavy atom. The van der Waals surface area contributed by atoms with Gasteiger partial charge in [-0.25, -0.2) is 0 Å². The van der Waals surface area contributed by atoms with Crippen molar-refractivity contribution >= 4 is 23.5 Å². The van der Waals surface area contributed by atoms with E-state index in [1.54, 1.807) is 12.1 Å². The van der Waals surface area contributed by atoms with E-state index in [9.17, 15) is 9.59 Å². The summed E-state index contributed by atoms with van der Waals surface area (Å²) in [5, 5.41) is 3.30. The van der Waals surface area contributed by atoms with Crippen LogP contribution in [0.1, 0.15) is 15.9 Å². The lowest BCUT2D eigenvalue weighted by molar-refractivity contribution is -0.139. The van der Waals surface area contributed by atoms with Gasteiger partial charge in [-0.2, -0.15) is 0 Å². The van der Waals surface area contributed by atoms with Crippen LogP contribution in [0.4, 0.5) is 0 Å². The van der Waals surface area contributed by atoms with E-state index in [0.717, 1.165) is 5.56 Å². The number of halogens is 1. The van der Waals surface area contributed by atoms with Gasteiger partial charge in [-0.15, -0.1) is 0 Å². The third-order valence-electron chi connectivity index (χ3n) is 2.15. The largest absolute Gasteiger partial charge is 0.468 e. The number of primary amides is 1. The zero-order valence-electron chi connectivity index (χ0n) is 9.33. The van der Waals surface area contributed by atoms with Crippen LogP contribution in [-0.2, 0) is 16.1 Å². The van der Waals surface area contributed by atoms with E-state index in [0.29, 0.717) is 17.1 Å². The van der Waals surface area contributed by atoms with Gasteiger partial charge in [-0.3, -0.25) is 9.59 Å². The lowest BCUT2D eigenvalue weighted by Gasteiger charge is -2.06. The van der Waals surface area contributed by atoms with Gasteiger partial charge in [0.15, 0.2) is 0 Å². The summed E-state index contributed by atoms with van der Waals surface area (Å²) in [6.07, 6.45) is 0. The molecule has 0 heterocycles. The van der Waals surface area contributed by atoms with Crippen molar-refractivity contribution in [3.63, 3.8) is 0 Å². The number of esters is 1. The van der Waals surface area contributed by atoms with Gasteiger partial charge >= 0.3 is 5.97 Å². The standard InChI is InChI=1S/C11H13ClN2O3/c1-17-10(15)6-14-5-8-3-2-7(11(13)16)4-9(8)12/h2-4,14H,5-6H2,1H3,(H2,13,16). The van der Waals surface area contributed by atoms with E-state index in [2.05, 4.69) is 10.1 Å². The Kier molecular flexibility index (Phi) is 4.93. The van der Waals surface area contributed by atoms with Gasteiger partial charge in [0.05, 0.1) is 13.7 Å². The molecule has 0 saturated carbocycles. The number of benzene rings is 1. The first kappa shape index (κ1) is 13.5. The number of carbonyl (C=O) groups excluding carboxylic acids is 2. The van der Waals surface area contributed by atoms with Crippen molar-refractivity contribution in [2.45, 2.75) is 6.54 Å². The maximum atomic E-state index is 10.9. The van der Waals surface area contributed by atoms with Crippen LogP contribution in [0.3, 0.4) is 0 Å². The summed E-state index contributed by atoms with van der Waals surface area (Å²) in [5.74, 6) is -0.879. The Bertz CT molecular complexity index is 435. The SMILES string of the molecule is COC(=O)CNCc1ccc(C(N)=O)cc1Cl. The summed E-state index contributed by atoms with van der Waals surface area (Å²) in [7, 11) is 1.32. The first-order chi connectivity index (χ1) is 8.04. The van der Waals surface area contributed by atoms with Crippen LogP contribution in [-0.4, -0.2) is 25.5 Å². The molecule has 92 valence electrons. The Morgan fingerprint density at radius 3 is 2.71 bits per heavy atom. The topological polar surface area (TPSA) is 81.4 Å². The van der Waals surface area contributed by atoms with E-state index >= 15 is 0 Å². The third kappa shape index (κ3) is 4.05. The van der Waals surface area contributed by atoms with Gasteiger partial charge in [0.2, 0.25) is 5.91 Å². The first-order valence-electron chi connectivity index (χ1n) is 4.90. The lowest BCUT2D eigenvalue weighted by Crippen LogP contribution is -2.23. The molecule has 1 amide bonds. The highest BCUT2D eigenvalue weighted by atomic mass is 35.5. The van der Waals surface area contributed by atoms with Crippen LogP contribution in [0.2, 0.25) is 5.02 Å². The maximum Gasteiger partial charge on any atom is 0.319 e. The maximum absolute atomic E-state index is 10.9. The minimum Gasteiger partial charge on any atom is -0.468 e. The van der Waals surface area contributed by atoms with Crippen molar-refractivity contribution < 1.29 is 14.3 Å². The number of nitrogens with two attached hydrogens (primary N) is 1. The molecule has 0 aromatic heterocycles. The van der Waals surface area contributed by atoms with E-state index in [-0.39, 0.29) is 12.5 Å². The molecular formula is C11H13ClN2O3. The molecule has 0 atom stereocenters. The molecule has 3 N–H and O–H groups in total. The second-order valence-electron chi connectivity index (χ2n) is 3.35. The van der Waals surface area contributed by atoms with Gasteiger partial charge in [-0.1, -0.05) is 17.7 Å². The molecular weight excluding hydrogens is 244 g/mol. The Morgan fingerprint density at radius 1 is 1.47 bits per heavy atom. The van der Waals surface area contributed by atoms with E-state index in [1.165, 1.54) is 13.2 Å². The second kappa shape index (κ2) is 6.22. The van der Waals surface area contributed by atoms with Crippen molar-refractivity contribution in [2.75, 3.05) is 13.7 Å². The number of amides is 1. The zero-order valence-corrected chi connectivity index (χ0v) is 10.1. The molecule has 0 aliphatic heterocycles. The molecule has 0 fully saturated rings. The van der Waals surface area contributed by atoms with Gasteiger partial charge < -0.3 is 15.8 Å². The summed E-state index contributed by atoms with van der Waals surface area (Å²) in [6.45, 7) is 0.511. The molecule has 0 saturated heterocycles. The van der Waals surface area contributed by atoms with Crippen molar-refractivity contribution in [1.82, 2.24) is 5.32 Å². The fourth-order valence-corrected chi connectivity index (χ4v) is 1.46. The van der Waals surface area contributed by atoms with Crippen LogP contribution in [0, 0.1) is 0 Å². The van der Waals surface area contributed by atoms with E-state index in [1.807, 2.05) is 0 Å². The highest BCUT2D eigenvalue weighted by Crippen LogP contribution is 2.17. The minimum atomic E-state index is -0.527. The quantitative estimate of drug-likeness (QED) is 0.760. The molecule has 0 spiro atoms. The fraction of sp³-hybridized carbons (Fsp3) is 0.273. The summed E-state index contributed by atoms with van der Waals surface area (Å²) in [4.78, 5) is 21.7. The number of carbonyl (C=O) groups is 2. The molecule has 17 heavy (non-hydrogen) atoms. The molecule has 0 unspecified atom stereocenters. The van der Waals surface area contributed by atoms with Crippen LogP contribution < -0.4 is 11.1 Å². The predicted octanol–water partition coefficient (Wildman–Crippen LogP) is 0.702. The van der Waals surface area contributed by atoms with Crippen molar-refractivity contribution in [3.8, 4) is 0 Å². The molecule has 0 aliphatic rings. The lowest BCUT2D eigenvalue weighted by atomic mass is 10.1. The summed E-state index contributed by atoms with van der Waals surface area (Å²) < 4.78 is 4.47. The van der Waals surface area contributed by atoms with E-state index in [4.69, 9.17) is 17.3 Å². The van der Waals surface area contributed by atoms with Crippen LogP contribution in [0.15, 0.2) is 18.2 Å². The highest BCUT2D eigenvalue weighted by Gasteiger charge is 2.06. The molecule has 6 heteroatoms. The van der Waals surface area contributed by atoms with E-state index < -0.39 is 5.91 Å². The third-order valence-corrected chi connectivity index (χ3v) is 2.50. The van der Waals surface area contributed by atoms with Gasteiger partial charge in [0, 0.05) is 17.1 Å². The summed E-state index contributed by atoms with van der Waals surface area (Å²) >= 11 is 5.96. The van der Waals surface area contributed by atoms with Crippen LogP contribution >= 0.6 is 11.6 Å². The minimum absolute atomic E-state index is 0.102. The number of rotatable bonds is 5. The molecule has 5 nitrogen and oxygen atoms in total. The zero-order chi connectivity index (χ0) is 12.8. The van der Waals surface area contributed by atoms with Gasteiger partial charge in [0.25, 0.3) is 0 Å². The highest BCUT2D eigenvalue weighted by molar-refractivity contribution is 6.31. The molecule has 1 aromatic rings. The number of methoxy groups -OCH3 is 1. The fourth-order valence-electron chi connectivity index (χ4n) is 1.22. The Hall–Kier alpha value is -1.59.